The van der Waals surface area contributed by atoms with Crippen LogP contribution in [0.15, 0.2) is 0 Å². The van der Waals surface area contributed by atoms with Gasteiger partial charge < -0.3 is 4.90 Å². The summed E-state index contributed by atoms with van der Waals surface area (Å²) < 4.78 is 0. The van der Waals surface area contributed by atoms with Crippen molar-refractivity contribution in [3.63, 3.8) is 0 Å². The lowest BCUT2D eigenvalue weighted by Crippen LogP contribution is -2.38. The van der Waals surface area contributed by atoms with E-state index in [1.807, 2.05) is 0 Å². The molecule has 1 unspecified atom stereocenters. The molecule has 0 bridgehead atoms. The van der Waals surface area contributed by atoms with Gasteiger partial charge >= 0.3 is 0 Å². The zero-order valence-corrected chi connectivity index (χ0v) is 8.17. The Morgan fingerprint density at radius 3 is 2.45 bits per heavy atom. The topological polar surface area (TPSA) is 6.48 Å². The molecule has 0 radical (unpaired) electrons. The first-order valence-corrected chi connectivity index (χ1v) is 4.51. The molecule has 0 aromatic rings. The van der Waals surface area contributed by atoms with Gasteiger partial charge in [-0.25, -0.2) is 0 Å². The lowest BCUT2D eigenvalue weighted by atomic mass is 10.2. The number of rotatable bonds is 2. The molecule has 0 aromatic heterocycles. The fourth-order valence-corrected chi connectivity index (χ4v) is 1.67. The van der Waals surface area contributed by atoms with Crippen molar-refractivity contribution in [2.45, 2.75) is 32.4 Å². The van der Waals surface area contributed by atoms with E-state index in [9.17, 15) is 0 Å². The normalized spacial score (nSPS) is 27.3. The fourth-order valence-electron chi connectivity index (χ4n) is 1.67. The maximum absolute atomic E-state index is 2.48. The number of nitrogens with zero attached hydrogens (tertiary/aromatic N) is 2. The van der Waals surface area contributed by atoms with Crippen molar-refractivity contribution in [2.24, 2.45) is 0 Å². The minimum Gasteiger partial charge on any atom is -0.305 e. The molecule has 1 saturated heterocycles. The predicted octanol–water partition coefficient (Wildman–Crippen LogP) is 1.03. The van der Waals surface area contributed by atoms with E-state index in [-0.39, 0.29) is 0 Å². The van der Waals surface area contributed by atoms with Crippen LogP contribution < -0.4 is 0 Å². The Labute approximate surface area is 70.2 Å². The van der Waals surface area contributed by atoms with Gasteiger partial charge in [0, 0.05) is 18.6 Å². The molecule has 0 aliphatic carbocycles. The van der Waals surface area contributed by atoms with Gasteiger partial charge in [-0.2, -0.15) is 0 Å². The molecular formula is C9H20N2. The Morgan fingerprint density at radius 1 is 1.45 bits per heavy atom. The highest BCUT2D eigenvalue weighted by atomic mass is 15.2. The minimum atomic E-state index is 0.687. The molecule has 66 valence electrons. The Kier molecular flexibility index (Phi) is 2.90. The molecule has 1 fully saturated rings. The van der Waals surface area contributed by atoms with E-state index >= 15 is 0 Å². The van der Waals surface area contributed by atoms with Crippen LogP contribution in [0, 0.1) is 0 Å². The van der Waals surface area contributed by atoms with Gasteiger partial charge in [-0.1, -0.05) is 0 Å². The van der Waals surface area contributed by atoms with Crippen LogP contribution in [-0.2, 0) is 0 Å². The van der Waals surface area contributed by atoms with E-state index in [0.717, 1.165) is 6.04 Å². The van der Waals surface area contributed by atoms with Gasteiger partial charge in [-0.05, 0) is 40.9 Å². The maximum atomic E-state index is 2.48. The molecule has 0 spiro atoms. The number of hydrogen-bond donors (Lipinski definition) is 0. The monoisotopic (exact) mass is 156 g/mol. The summed E-state index contributed by atoms with van der Waals surface area (Å²) in [7, 11) is 4.43. The second kappa shape index (κ2) is 3.55. The molecule has 0 N–H and O–H groups in total. The fraction of sp³-hybridized carbons (Fsp3) is 1.00. The summed E-state index contributed by atoms with van der Waals surface area (Å²) >= 11 is 0. The van der Waals surface area contributed by atoms with Crippen molar-refractivity contribution in [1.82, 2.24) is 9.80 Å². The van der Waals surface area contributed by atoms with Crippen molar-refractivity contribution in [3.8, 4) is 0 Å². The van der Waals surface area contributed by atoms with Crippen molar-refractivity contribution in [2.75, 3.05) is 27.2 Å². The summed E-state index contributed by atoms with van der Waals surface area (Å²) in [5.74, 6) is 0. The summed E-state index contributed by atoms with van der Waals surface area (Å²) in [5.41, 5.74) is 0. The van der Waals surface area contributed by atoms with Gasteiger partial charge in [-0.3, -0.25) is 4.90 Å². The van der Waals surface area contributed by atoms with Gasteiger partial charge in [0.05, 0.1) is 0 Å². The molecule has 11 heavy (non-hydrogen) atoms. The molecular weight excluding hydrogens is 136 g/mol. The van der Waals surface area contributed by atoms with E-state index in [2.05, 4.69) is 37.7 Å². The highest BCUT2D eigenvalue weighted by Crippen LogP contribution is 2.14. The molecule has 1 rings (SSSR count). The van der Waals surface area contributed by atoms with E-state index in [4.69, 9.17) is 0 Å². The molecule has 0 amide bonds. The number of likely N-dealkylation sites (tertiary alicyclic amines) is 1. The van der Waals surface area contributed by atoms with Crippen LogP contribution in [0.5, 0.6) is 0 Å². The first-order valence-electron chi connectivity index (χ1n) is 4.51. The van der Waals surface area contributed by atoms with Crippen LogP contribution in [0.25, 0.3) is 0 Å². The molecule has 2 nitrogen and oxygen atoms in total. The SMILES string of the molecule is CC(C)N(C)C1CCN(C)C1. The van der Waals surface area contributed by atoms with Crippen molar-refractivity contribution in [3.05, 3.63) is 0 Å². The highest BCUT2D eigenvalue weighted by Gasteiger charge is 2.24. The summed E-state index contributed by atoms with van der Waals surface area (Å²) in [6.07, 6.45) is 1.34. The van der Waals surface area contributed by atoms with Gasteiger partial charge in [-0.15, -0.1) is 0 Å². The van der Waals surface area contributed by atoms with Crippen molar-refractivity contribution >= 4 is 0 Å². The molecule has 1 aliphatic heterocycles. The summed E-state index contributed by atoms with van der Waals surface area (Å²) in [4.78, 5) is 4.88. The molecule has 2 heteroatoms. The average Bonchev–Trinajstić information content (AvgIpc) is 2.34. The summed E-state index contributed by atoms with van der Waals surface area (Å²) in [6.45, 7) is 7.03. The quantitative estimate of drug-likeness (QED) is 0.589. The van der Waals surface area contributed by atoms with Gasteiger partial charge in [0.1, 0.15) is 0 Å². The third-order valence-electron chi connectivity index (χ3n) is 2.76. The summed E-state index contributed by atoms with van der Waals surface area (Å²) in [6, 6.07) is 1.48. The Hall–Kier alpha value is -0.0800. The van der Waals surface area contributed by atoms with E-state index < -0.39 is 0 Å². The Bertz CT molecular complexity index is 123. The van der Waals surface area contributed by atoms with Crippen LogP contribution in [0.2, 0.25) is 0 Å². The van der Waals surface area contributed by atoms with E-state index in [1.54, 1.807) is 0 Å². The molecule has 0 saturated carbocycles. The van der Waals surface area contributed by atoms with Crippen LogP contribution in [0.3, 0.4) is 0 Å². The van der Waals surface area contributed by atoms with Crippen molar-refractivity contribution in [1.29, 1.82) is 0 Å². The third-order valence-corrected chi connectivity index (χ3v) is 2.76. The largest absolute Gasteiger partial charge is 0.305 e. The van der Waals surface area contributed by atoms with E-state index in [1.165, 1.54) is 19.5 Å². The van der Waals surface area contributed by atoms with Gasteiger partial charge in [0.15, 0.2) is 0 Å². The summed E-state index contributed by atoms with van der Waals surface area (Å²) in [5, 5.41) is 0. The minimum absolute atomic E-state index is 0.687. The van der Waals surface area contributed by atoms with Crippen LogP contribution >= 0.6 is 0 Å². The Balaban J connectivity index is 2.36. The highest BCUT2D eigenvalue weighted by molar-refractivity contribution is 4.81. The lowest BCUT2D eigenvalue weighted by Gasteiger charge is -2.27. The molecule has 1 heterocycles. The third kappa shape index (κ3) is 2.17. The molecule has 0 aromatic carbocycles. The van der Waals surface area contributed by atoms with Gasteiger partial charge in [0.25, 0.3) is 0 Å². The van der Waals surface area contributed by atoms with Crippen LogP contribution in [0.4, 0.5) is 0 Å². The smallest absolute Gasteiger partial charge is 0.0234 e. The van der Waals surface area contributed by atoms with Gasteiger partial charge in [0.2, 0.25) is 0 Å². The van der Waals surface area contributed by atoms with Crippen LogP contribution in [0.1, 0.15) is 20.3 Å². The molecule has 1 atom stereocenters. The molecule has 1 aliphatic rings. The zero-order chi connectivity index (χ0) is 8.43. The van der Waals surface area contributed by atoms with Crippen LogP contribution in [-0.4, -0.2) is 49.1 Å². The Morgan fingerprint density at radius 2 is 2.09 bits per heavy atom. The van der Waals surface area contributed by atoms with Crippen molar-refractivity contribution < 1.29 is 0 Å². The second-order valence-electron chi connectivity index (χ2n) is 3.96. The second-order valence-corrected chi connectivity index (χ2v) is 3.96. The standard InChI is InChI=1S/C9H20N2/c1-8(2)11(4)9-5-6-10(3)7-9/h8-9H,5-7H2,1-4H3. The zero-order valence-electron chi connectivity index (χ0n) is 8.17. The maximum Gasteiger partial charge on any atom is 0.0234 e. The number of hydrogen-bond acceptors (Lipinski definition) is 2. The number of likely N-dealkylation sites (N-methyl/N-ethyl adjacent to an activating group) is 2. The average molecular weight is 156 g/mol. The predicted molar refractivity (Wildman–Crippen MR) is 48.8 cm³/mol. The first-order chi connectivity index (χ1) is 5.11. The first kappa shape index (κ1) is 9.01. The van der Waals surface area contributed by atoms with E-state index in [0.29, 0.717) is 6.04 Å². The lowest BCUT2D eigenvalue weighted by molar-refractivity contribution is 0.197.